The van der Waals surface area contributed by atoms with Crippen molar-refractivity contribution in [2.24, 2.45) is 0 Å². The minimum absolute atomic E-state index is 0.00527. The maximum absolute atomic E-state index is 13.1. The van der Waals surface area contributed by atoms with Crippen LogP contribution >= 0.6 is 0 Å². The monoisotopic (exact) mass is 405 g/mol. The summed E-state index contributed by atoms with van der Waals surface area (Å²) in [4.78, 5) is 27.8. The smallest absolute Gasteiger partial charge is 0.296 e. The number of hydrogen-bond acceptors (Lipinski definition) is 4. The zero-order valence-electron chi connectivity index (χ0n) is 17.3. The first-order chi connectivity index (χ1) is 14.5. The molecule has 2 heterocycles. The van der Waals surface area contributed by atoms with E-state index in [0.29, 0.717) is 11.3 Å². The summed E-state index contributed by atoms with van der Waals surface area (Å²) >= 11 is 0. The van der Waals surface area contributed by atoms with Gasteiger partial charge in [0.15, 0.2) is 0 Å². The van der Waals surface area contributed by atoms with Crippen LogP contribution in [-0.2, 0) is 22.4 Å². The van der Waals surface area contributed by atoms with E-state index in [1.807, 2.05) is 37.3 Å². The van der Waals surface area contributed by atoms with E-state index >= 15 is 0 Å². The number of likely N-dealkylation sites (tertiary alicyclic amines) is 1. The van der Waals surface area contributed by atoms with Crippen molar-refractivity contribution in [2.45, 2.75) is 70.4 Å². The molecular formula is C25H27NO4. The molecular weight excluding hydrogens is 378 g/mol. The second-order valence-corrected chi connectivity index (χ2v) is 8.78. The number of nitrogens with zero attached hydrogens (tertiary/aromatic N) is 1. The Labute approximate surface area is 176 Å². The van der Waals surface area contributed by atoms with Crippen LogP contribution in [-0.4, -0.2) is 27.7 Å². The third kappa shape index (κ3) is 3.08. The SMILES string of the molecule is Cc1ccc(C2/C(=C(/O)c3ccc4c(c3)CCCC4)C(=O)C(=O)N2C2CCCC2)o1. The summed E-state index contributed by atoms with van der Waals surface area (Å²) in [5.74, 6) is 0.0202. The highest BCUT2D eigenvalue weighted by Crippen LogP contribution is 2.44. The van der Waals surface area contributed by atoms with E-state index in [-0.39, 0.29) is 17.4 Å². The minimum Gasteiger partial charge on any atom is -0.507 e. The largest absolute Gasteiger partial charge is 0.507 e. The highest BCUT2D eigenvalue weighted by molar-refractivity contribution is 6.46. The molecule has 3 aliphatic rings. The molecule has 1 aromatic heterocycles. The Bertz CT molecular complexity index is 1040. The maximum atomic E-state index is 13.1. The summed E-state index contributed by atoms with van der Waals surface area (Å²) in [5.41, 5.74) is 3.29. The summed E-state index contributed by atoms with van der Waals surface area (Å²) in [6, 6.07) is 8.88. The Morgan fingerprint density at radius 3 is 2.43 bits per heavy atom. The second-order valence-electron chi connectivity index (χ2n) is 8.78. The Balaban J connectivity index is 1.64. The van der Waals surface area contributed by atoms with E-state index in [2.05, 4.69) is 0 Å². The number of hydrogen-bond donors (Lipinski definition) is 1. The van der Waals surface area contributed by atoms with E-state index in [0.717, 1.165) is 50.7 Å². The lowest BCUT2D eigenvalue weighted by Crippen LogP contribution is -2.37. The van der Waals surface area contributed by atoms with Crippen LogP contribution in [0.25, 0.3) is 5.76 Å². The number of amides is 1. The fourth-order valence-electron chi connectivity index (χ4n) is 5.33. The molecule has 5 rings (SSSR count). The molecule has 1 saturated heterocycles. The van der Waals surface area contributed by atoms with E-state index in [9.17, 15) is 14.7 Å². The summed E-state index contributed by atoms with van der Waals surface area (Å²) in [5, 5.41) is 11.2. The number of rotatable bonds is 3. The zero-order chi connectivity index (χ0) is 20.8. The van der Waals surface area contributed by atoms with Crippen molar-refractivity contribution < 1.29 is 19.1 Å². The van der Waals surface area contributed by atoms with E-state index < -0.39 is 17.7 Å². The lowest BCUT2D eigenvalue weighted by Gasteiger charge is -2.29. The maximum Gasteiger partial charge on any atom is 0.296 e. The van der Waals surface area contributed by atoms with Crippen molar-refractivity contribution in [1.29, 1.82) is 0 Å². The van der Waals surface area contributed by atoms with Crippen LogP contribution in [0.5, 0.6) is 0 Å². The van der Waals surface area contributed by atoms with Crippen LogP contribution in [0, 0.1) is 6.92 Å². The molecule has 2 aromatic rings. The van der Waals surface area contributed by atoms with Crippen molar-refractivity contribution >= 4 is 17.4 Å². The Morgan fingerprint density at radius 2 is 1.73 bits per heavy atom. The van der Waals surface area contributed by atoms with Crippen LogP contribution in [0.1, 0.15) is 72.8 Å². The molecule has 0 spiro atoms. The zero-order valence-corrected chi connectivity index (χ0v) is 17.3. The number of benzene rings is 1. The molecule has 1 atom stereocenters. The van der Waals surface area contributed by atoms with Crippen molar-refractivity contribution in [1.82, 2.24) is 4.90 Å². The van der Waals surface area contributed by atoms with Gasteiger partial charge in [-0.2, -0.15) is 0 Å². The number of aliphatic hydroxyl groups is 1. The normalized spacial score (nSPS) is 23.9. The summed E-state index contributed by atoms with van der Waals surface area (Å²) in [6.45, 7) is 1.84. The van der Waals surface area contributed by atoms with Gasteiger partial charge in [-0.05, 0) is 74.8 Å². The fraction of sp³-hybridized carbons (Fsp3) is 0.440. The van der Waals surface area contributed by atoms with Crippen LogP contribution in [0.4, 0.5) is 0 Å². The van der Waals surface area contributed by atoms with Crippen molar-refractivity contribution in [3.63, 3.8) is 0 Å². The van der Waals surface area contributed by atoms with Crippen LogP contribution in [0.3, 0.4) is 0 Å². The molecule has 30 heavy (non-hydrogen) atoms. The van der Waals surface area contributed by atoms with Gasteiger partial charge in [-0.3, -0.25) is 9.59 Å². The number of carbonyl (C=O) groups is 2. The van der Waals surface area contributed by atoms with Crippen molar-refractivity contribution in [3.05, 3.63) is 64.1 Å². The molecule has 156 valence electrons. The first-order valence-electron chi connectivity index (χ1n) is 11.0. The summed E-state index contributed by atoms with van der Waals surface area (Å²) in [6.07, 6.45) is 8.19. The molecule has 1 N–H and O–H groups in total. The number of aryl methyl sites for hydroxylation is 3. The van der Waals surface area contributed by atoms with Crippen LogP contribution < -0.4 is 0 Å². The van der Waals surface area contributed by atoms with Gasteiger partial charge in [-0.15, -0.1) is 0 Å². The average Bonchev–Trinajstić information content (AvgIpc) is 3.48. The molecule has 2 fully saturated rings. The van der Waals surface area contributed by atoms with E-state index in [1.165, 1.54) is 17.5 Å². The van der Waals surface area contributed by atoms with E-state index in [1.54, 1.807) is 4.90 Å². The molecule has 1 unspecified atom stereocenters. The lowest BCUT2D eigenvalue weighted by atomic mass is 9.89. The second kappa shape index (κ2) is 7.46. The fourth-order valence-corrected chi connectivity index (χ4v) is 5.33. The quantitative estimate of drug-likeness (QED) is 0.451. The van der Waals surface area contributed by atoms with Crippen LogP contribution in [0.2, 0.25) is 0 Å². The molecule has 1 saturated carbocycles. The highest BCUT2D eigenvalue weighted by atomic mass is 16.3. The first kappa shape index (κ1) is 19.2. The summed E-state index contributed by atoms with van der Waals surface area (Å²) in [7, 11) is 0. The van der Waals surface area contributed by atoms with Gasteiger partial charge in [0, 0.05) is 11.6 Å². The third-order valence-electron chi connectivity index (χ3n) is 6.85. The molecule has 0 bridgehead atoms. The van der Waals surface area contributed by atoms with Crippen molar-refractivity contribution in [3.8, 4) is 0 Å². The number of ketones is 1. The first-order valence-corrected chi connectivity index (χ1v) is 11.0. The van der Waals surface area contributed by atoms with Gasteiger partial charge >= 0.3 is 0 Å². The molecule has 5 nitrogen and oxygen atoms in total. The number of furan rings is 1. The minimum atomic E-state index is -0.669. The number of carbonyl (C=O) groups excluding carboxylic acids is 2. The average molecular weight is 405 g/mol. The highest BCUT2D eigenvalue weighted by Gasteiger charge is 2.50. The van der Waals surface area contributed by atoms with Gasteiger partial charge in [-0.25, -0.2) is 0 Å². The van der Waals surface area contributed by atoms with E-state index in [4.69, 9.17) is 4.42 Å². The Hall–Kier alpha value is -2.82. The van der Waals surface area contributed by atoms with Gasteiger partial charge < -0.3 is 14.4 Å². The van der Waals surface area contributed by atoms with Crippen molar-refractivity contribution in [2.75, 3.05) is 0 Å². The number of Topliss-reactive ketones (excluding diaryl/α,β-unsaturated/α-hetero) is 1. The molecule has 0 radical (unpaired) electrons. The predicted octanol–water partition coefficient (Wildman–Crippen LogP) is 4.83. The molecule has 5 heteroatoms. The molecule has 1 amide bonds. The van der Waals surface area contributed by atoms with Gasteiger partial charge in [0.1, 0.15) is 23.3 Å². The Kier molecular flexibility index (Phi) is 4.76. The third-order valence-corrected chi connectivity index (χ3v) is 6.85. The van der Waals surface area contributed by atoms with Gasteiger partial charge in [-0.1, -0.05) is 25.0 Å². The predicted molar refractivity (Wildman–Crippen MR) is 113 cm³/mol. The summed E-state index contributed by atoms with van der Waals surface area (Å²) < 4.78 is 5.87. The molecule has 1 aliphatic heterocycles. The lowest BCUT2D eigenvalue weighted by molar-refractivity contribution is -0.141. The van der Waals surface area contributed by atoms with Crippen LogP contribution in [0.15, 0.2) is 40.3 Å². The van der Waals surface area contributed by atoms with Gasteiger partial charge in [0.2, 0.25) is 0 Å². The molecule has 1 aromatic carbocycles. The molecule has 2 aliphatic carbocycles. The number of aliphatic hydroxyl groups excluding tert-OH is 1. The Morgan fingerprint density at radius 1 is 1.00 bits per heavy atom. The van der Waals surface area contributed by atoms with Gasteiger partial charge in [0.05, 0.1) is 5.57 Å². The van der Waals surface area contributed by atoms with Gasteiger partial charge in [0.25, 0.3) is 11.7 Å². The number of fused-ring (bicyclic) bond motifs is 1. The standard InChI is InChI=1S/C25H27NO4/c1-15-10-13-20(30-15)22-21(24(28)25(29)26(22)19-8-4-5-9-19)23(27)18-12-11-16-6-2-3-7-17(16)14-18/h10-14,19,22,27H,2-9H2,1H3/b23-21-. The topological polar surface area (TPSA) is 70.8 Å².